The summed E-state index contributed by atoms with van der Waals surface area (Å²) in [5, 5.41) is 3.60. The van der Waals surface area contributed by atoms with E-state index in [2.05, 4.69) is 42.3 Å². The molecule has 17 heavy (non-hydrogen) atoms. The monoisotopic (exact) mass is 230 g/mol. The molecule has 92 valence electrons. The predicted octanol–water partition coefficient (Wildman–Crippen LogP) is 2.41. The minimum absolute atomic E-state index is 0.593. The van der Waals surface area contributed by atoms with Crippen LogP contribution in [0, 0.1) is 13.8 Å². The summed E-state index contributed by atoms with van der Waals surface area (Å²) in [5.41, 5.74) is 4.31. The highest BCUT2D eigenvalue weighted by Crippen LogP contribution is 2.32. The van der Waals surface area contributed by atoms with Gasteiger partial charge in [-0.2, -0.15) is 0 Å². The van der Waals surface area contributed by atoms with E-state index in [0.29, 0.717) is 6.04 Å². The second-order valence-corrected chi connectivity index (χ2v) is 5.55. The van der Waals surface area contributed by atoms with Gasteiger partial charge in [-0.3, -0.25) is 4.90 Å². The average molecular weight is 230 g/mol. The number of piperazine rings is 1. The SMILES string of the molecule is Cc1ccc(C2CNC[C@@H]3CCCN23)cc1C. The maximum Gasteiger partial charge on any atom is 0.0476 e. The van der Waals surface area contributed by atoms with Gasteiger partial charge in [0.1, 0.15) is 0 Å². The Morgan fingerprint density at radius 3 is 2.88 bits per heavy atom. The Hall–Kier alpha value is -0.860. The van der Waals surface area contributed by atoms with E-state index in [9.17, 15) is 0 Å². The molecule has 0 bridgehead atoms. The zero-order valence-electron chi connectivity index (χ0n) is 10.9. The summed E-state index contributed by atoms with van der Waals surface area (Å²) in [6, 6.07) is 8.33. The van der Waals surface area contributed by atoms with Gasteiger partial charge in [-0.05, 0) is 49.9 Å². The van der Waals surface area contributed by atoms with Gasteiger partial charge in [0.25, 0.3) is 0 Å². The highest BCUT2D eigenvalue weighted by Gasteiger charge is 2.34. The van der Waals surface area contributed by atoms with Gasteiger partial charge in [0.05, 0.1) is 0 Å². The molecule has 1 aromatic rings. The molecule has 2 heteroatoms. The minimum atomic E-state index is 0.593. The van der Waals surface area contributed by atoms with Gasteiger partial charge >= 0.3 is 0 Å². The molecular formula is C15H22N2. The van der Waals surface area contributed by atoms with Gasteiger partial charge in [-0.1, -0.05) is 18.2 Å². The van der Waals surface area contributed by atoms with E-state index in [0.717, 1.165) is 12.6 Å². The maximum atomic E-state index is 3.60. The fraction of sp³-hybridized carbons (Fsp3) is 0.600. The van der Waals surface area contributed by atoms with E-state index in [1.54, 1.807) is 0 Å². The van der Waals surface area contributed by atoms with Crippen molar-refractivity contribution < 1.29 is 0 Å². The summed E-state index contributed by atoms with van der Waals surface area (Å²) in [6.07, 6.45) is 2.74. The van der Waals surface area contributed by atoms with E-state index < -0.39 is 0 Å². The number of nitrogens with one attached hydrogen (secondary N) is 1. The molecule has 1 aromatic carbocycles. The highest BCUT2D eigenvalue weighted by molar-refractivity contribution is 5.32. The number of aryl methyl sites for hydroxylation is 2. The fourth-order valence-corrected chi connectivity index (χ4v) is 3.27. The zero-order valence-corrected chi connectivity index (χ0v) is 10.9. The Morgan fingerprint density at radius 1 is 1.18 bits per heavy atom. The van der Waals surface area contributed by atoms with Crippen molar-refractivity contribution in [1.29, 1.82) is 0 Å². The second kappa shape index (κ2) is 4.43. The molecule has 0 amide bonds. The molecule has 1 N–H and O–H groups in total. The number of rotatable bonds is 1. The van der Waals surface area contributed by atoms with Gasteiger partial charge in [-0.25, -0.2) is 0 Å². The predicted molar refractivity (Wildman–Crippen MR) is 71.3 cm³/mol. The smallest absolute Gasteiger partial charge is 0.0476 e. The van der Waals surface area contributed by atoms with Crippen LogP contribution < -0.4 is 5.32 Å². The quantitative estimate of drug-likeness (QED) is 0.797. The molecular weight excluding hydrogens is 208 g/mol. The zero-order chi connectivity index (χ0) is 11.8. The Balaban J connectivity index is 1.89. The molecule has 2 nitrogen and oxygen atoms in total. The van der Waals surface area contributed by atoms with Crippen LogP contribution in [-0.4, -0.2) is 30.6 Å². The Morgan fingerprint density at radius 2 is 2.06 bits per heavy atom. The molecule has 0 radical (unpaired) electrons. The first-order valence-electron chi connectivity index (χ1n) is 6.79. The van der Waals surface area contributed by atoms with Crippen LogP contribution in [0.4, 0.5) is 0 Å². The molecule has 0 aliphatic carbocycles. The first-order chi connectivity index (χ1) is 8.25. The lowest BCUT2D eigenvalue weighted by molar-refractivity contribution is 0.138. The highest BCUT2D eigenvalue weighted by atomic mass is 15.3. The van der Waals surface area contributed by atoms with E-state index >= 15 is 0 Å². The van der Waals surface area contributed by atoms with Crippen molar-refractivity contribution in [2.45, 2.75) is 38.8 Å². The molecule has 0 spiro atoms. The summed E-state index contributed by atoms with van der Waals surface area (Å²) in [6.45, 7) is 7.98. The van der Waals surface area contributed by atoms with Crippen molar-refractivity contribution >= 4 is 0 Å². The van der Waals surface area contributed by atoms with Crippen LogP contribution in [0.15, 0.2) is 18.2 Å². The summed E-state index contributed by atoms with van der Waals surface area (Å²) in [5.74, 6) is 0. The van der Waals surface area contributed by atoms with Gasteiger partial charge in [0.2, 0.25) is 0 Å². The first-order valence-corrected chi connectivity index (χ1v) is 6.79. The normalized spacial score (nSPS) is 29.3. The first kappa shape index (κ1) is 11.2. The summed E-state index contributed by atoms with van der Waals surface area (Å²) in [7, 11) is 0. The molecule has 2 fully saturated rings. The molecule has 0 aromatic heterocycles. The summed E-state index contributed by atoms with van der Waals surface area (Å²) in [4.78, 5) is 2.71. The third-order valence-electron chi connectivity index (χ3n) is 4.46. The van der Waals surface area contributed by atoms with Crippen LogP contribution in [-0.2, 0) is 0 Å². The van der Waals surface area contributed by atoms with Crippen LogP contribution in [0.1, 0.15) is 35.6 Å². The van der Waals surface area contributed by atoms with E-state index in [-0.39, 0.29) is 0 Å². The Kier molecular flexibility index (Phi) is 2.93. The Bertz CT molecular complexity index is 413. The van der Waals surface area contributed by atoms with Crippen molar-refractivity contribution in [3.05, 3.63) is 34.9 Å². The van der Waals surface area contributed by atoms with Gasteiger partial charge in [0.15, 0.2) is 0 Å². The number of hydrogen-bond acceptors (Lipinski definition) is 2. The lowest BCUT2D eigenvalue weighted by Gasteiger charge is -2.38. The van der Waals surface area contributed by atoms with Crippen molar-refractivity contribution in [1.82, 2.24) is 10.2 Å². The topological polar surface area (TPSA) is 15.3 Å². The fourth-order valence-electron chi connectivity index (χ4n) is 3.27. The van der Waals surface area contributed by atoms with E-state index in [1.807, 2.05) is 0 Å². The van der Waals surface area contributed by atoms with E-state index in [4.69, 9.17) is 0 Å². The maximum absolute atomic E-state index is 3.60. The minimum Gasteiger partial charge on any atom is -0.313 e. The number of fused-ring (bicyclic) bond motifs is 1. The van der Waals surface area contributed by atoms with Crippen LogP contribution in [0.25, 0.3) is 0 Å². The van der Waals surface area contributed by atoms with Crippen molar-refractivity contribution in [2.75, 3.05) is 19.6 Å². The van der Waals surface area contributed by atoms with Crippen LogP contribution >= 0.6 is 0 Å². The van der Waals surface area contributed by atoms with Crippen molar-refractivity contribution in [3.63, 3.8) is 0 Å². The summed E-state index contributed by atoms with van der Waals surface area (Å²) < 4.78 is 0. The van der Waals surface area contributed by atoms with Crippen LogP contribution in [0.3, 0.4) is 0 Å². The molecule has 1 unspecified atom stereocenters. The molecule has 2 atom stereocenters. The lowest BCUT2D eigenvalue weighted by Crippen LogP contribution is -2.49. The third-order valence-corrected chi connectivity index (χ3v) is 4.46. The third kappa shape index (κ3) is 2.00. The van der Waals surface area contributed by atoms with Crippen molar-refractivity contribution in [2.24, 2.45) is 0 Å². The standard InChI is InChI=1S/C15H22N2/c1-11-5-6-13(8-12(11)2)15-10-16-9-14-4-3-7-17(14)15/h5-6,8,14-16H,3-4,7,9-10H2,1-2H3/t14-,15?/m0/s1. The largest absolute Gasteiger partial charge is 0.313 e. The van der Waals surface area contributed by atoms with Gasteiger partial charge in [-0.15, -0.1) is 0 Å². The number of benzene rings is 1. The number of nitrogens with zero attached hydrogens (tertiary/aromatic N) is 1. The van der Waals surface area contributed by atoms with Crippen LogP contribution in [0.2, 0.25) is 0 Å². The van der Waals surface area contributed by atoms with E-state index in [1.165, 1.54) is 42.6 Å². The van der Waals surface area contributed by atoms with Gasteiger partial charge < -0.3 is 5.32 Å². The molecule has 2 aliphatic heterocycles. The molecule has 2 heterocycles. The number of hydrogen-bond donors (Lipinski definition) is 1. The molecule has 0 saturated carbocycles. The van der Waals surface area contributed by atoms with Crippen LogP contribution in [0.5, 0.6) is 0 Å². The lowest BCUT2D eigenvalue weighted by atomic mass is 9.97. The van der Waals surface area contributed by atoms with Gasteiger partial charge in [0, 0.05) is 25.2 Å². The molecule has 2 aliphatic rings. The van der Waals surface area contributed by atoms with Crippen molar-refractivity contribution in [3.8, 4) is 0 Å². The molecule has 3 rings (SSSR count). The second-order valence-electron chi connectivity index (χ2n) is 5.55. The summed E-state index contributed by atoms with van der Waals surface area (Å²) >= 11 is 0. The average Bonchev–Trinajstić information content (AvgIpc) is 2.80. The molecule has 2 saturated heterocycles. The Labute approximate surface area is 104 Å².